The number of benzene rings is 1. The van der Waals surface area contributed by atoms with E-state index in [1.807, 2.05) is 45.0 Å². The molecule has 0 spiro atoms. The van der Waals surface area contributed by atoms with Gasteiger partial charge in [-0.2, -0.15) is 0 Å². The van der Waals surface area contributed by atoms with Crippen molar-refractivity contribution >= 4 is 18.0 Å². The van der Waals surface area contributed by atoms with Gasteiger partial charge in [-0.05, 0) is 50.5 Å². The Hall–Kier alpha value is -2.30. The van der Waals surface area contributed by atoms with Crippen LogP contribution in [0.1, 0.15) is 117 Å². The van der Waals surface area contributed by atoms with Crippen LogP contribution in [0.2, 0.25) is 0 Å². The third-order valence-corrected chi connectivity index (χ3v) is 6.56. The van der Waals surface area contributed by atoms with Crippen LogP contribution in [0.5, 0.6) is 5.75 Å². The van der Waals surface area contributed by atoms with E-state index in [0.717, 1.165) is 24.3 Å². The molecule has 1 rings (SSSR count). The molecule has 0 aliphatic carbocycles. The lowest BCUT2D eigenvalue weighted by molar-refractivity contribution is -0.157. The molecule has 36 heavy (non-hydrogen) atoms. The molecule has 0 heterocycles. The predicted octanol–water partition coefficient (Wildman–Crippen LogP) is 8.30. The number of rotatable bonds is 21. The summed E-state index contributed by atoms with van der Waals surface area (Å²) in [5, 5.41) is 0. The molecule has 0 aliphatic rings. The Bertz CT molecular complexity index is 736. The highest BCUT2D eigenvalue weighted by atomic mass is 16.6. The SMILES string of the molecule is CCCCCCCCCCCCCCOc1ccc(/C=C/C(=O)OCCOC(=O)C(C)(C)CC)cc1. The Morgan fingerprint density at radius 1 is 0.722 bits per heavy atom. The summed E-state index contributed by atoms with van der Waals surface area (Å²) in [5.41, 5.74) is 0.368. The lowest BCUT2D eigenvalue weighted by Crippen LogP contribution is -2.27. The monoisotopic (exact) mass is 502 g/mol. The predicted molar refractivity (Wildman–Crippen MR) is 148 cm³/mol. The molecule has 5 heteroatoms. The van der Waals surface area contributed by atoms with E-state index in [9.17, 15) is 9.59 Å². The number of hydrogen-bond acceptors (Lipinski definition) is 5. The number of esters is 2. The van der Waals surface area contributed by atoms with Gasteiger partial charge in [0, 0.05) is 6.08 Å². The van der Waals surface area contributed by atoms with E-state index in [1.54, 1.807) is 6.08 Å². The van der Waals surface area contributed by atoms with Crippen molar-refractivity contribution in [3.63, 3.8) is 0 Å². The zero-order chi connectivity index (χ0) is 26.5. The van der Waals surface area contributed by atoms with Gasteiger partial charge in [0.25, 0.3) is 0 Å². The van der Waals surface area contributed by atoms with Crippen LogP contribution in [-0.4, -0.2) is 31.8 Å². The van der Waals surface area contributed by atoms with Crippen molar-refractivity contribution in [2.45, 2.75) is 111 Å². The summed E-state index contributed by atoms with van der Waals surface area (Å²) in [6.07, 6.45) is 19.8. The first-order valence-corrected chi connectivity index (χ1v) is 14.1. The fraction of sp³-hybridized carbons (Fsp3) is 0.677. The van der Waals surface area contributed by atoms with Crippen LogP contribution < -0.4 is 4.74 Å². The lowest BCUT2D eigenvalue weighted by Gasteiger charge is -2.20. The molecule has 0 unspecified atom stereocenters. The van der Waals surface area contributed by atoms with Crippen LogP contribution >= 0.6 is 0 Å². The Balaban J connectivity index is 2.08. The van der Waals surface area contributed by atoms with Gasteiger partial charge in [-0.15, -0.1) is 0 Å². The van der Waals surface area contributed by atoms with E-state index in [4.69, 9.17) is 14.2 Å². The van der Waals surface area contributed by atoms with Crippen LogP contribution in [0.15, 0.2) is 30.3 Å². The van der Waals surface area contributed by atoms with E-state index in [1.165, 1.54) is 76.7 Å². The van der Waals surface area contributed by atoms with Crippen molar-refractivity contribution in [3.8, 4) is 5.75 Å². The minimum Gasteiger partial charge on any atom is -0.494 e. The first-order chi connectivity index (χ1) is 17.4. The minimum atomic E-state index is -0.521. The van der Waals surface area contributed by atoms with E-state index in [2.05, 4.69) is 6.92 Å². The number of carbonyl (C=O) groups is 2. The van der Waals surface area contributed by atoms with Crippen LogP contribution in [-0.2, 0) is 19.1 Å². The highest BCUT2D eigenvalue weighted by molar-refractivity contribution is 5.87. The number of ether oxygens (including phenoxy) is 3. The quantitative estimate of drug-likeness (QED) is 0.0961. The number of hydrogen-bond donors (Lipinski definition) is 0. The average Bonchev–Trinajstić information content (AvgIpc) is 2.88. The van der Waals surface area contributed by atoms with Crippen molar-refractivity contribution in [2.75, 3.05) is 19.8 Å². The molecule has 0 saturated heterocycles. The van der Waals surface area contributed by atoms with Crippen LogP contribution in [0.25, 0.3) is 6.08 Å². The Morgan fingerprint density at radius 3 is 1.81 bits per heavy atom. The summed E-state index contributed by atoms with van der Waals surface area (Å²) in [5.74, 6) is 0.0976. The normalized spacial score (nSPS) is 11.6. The van der Waals surface area contributed by atoms with E-state index in [0.29, 0.717) is 6.42 Å². The van der Waals surface area contributed by atoms with E-state index < -0.39 is 11.4 Å². The standard InChI is InChI=1S/C31H50O5/c1-5-7-8-9-10-11-12-13-14-15-16-17-24-34-28-21-18-27(19-22-28)20-23-29(32)35-25-26-36-30(33)31(3,4)6-2/h18-23H,5-17,24-26H2,1-4H3/b23-20+. The summed E-state index contributed by atoms with van der Waals surface area (Å²) >= 11 is 0. The van der Waals surface area contributed by atoms with Gasteiger partial charge < -0.3 is 14.2 Å². The molecular formula is C31H50O5. The maximum Gasteiger partial charge on any atom is 0.330 e. The van der Waals surface area contributed by atoms with Crippen molar-refractivity contribution in [1.29, 1.82) is 0 Å². The molecule has 204 valence electrons. The van der Waals surface area contributed by atoms with Crippen molar-refractivity contribution < 1.29 is 23.8 Å². The average molecular weight is 503 g/mol. The molecular weight excluding hydrogens is 452 g/mol. The second-order valence-corrected chi connectivity index (χ2v) is 10.2. The van der Waals surface area contributed by atoms with Gasteiger partial charge in [-0.3, -0.25) is 4.79 Å². The highest BCUT2D eigenvalue weighted by Crippen LogP contribution is 2.21. The molecule has 0 fully saturated rings. The summed E-state index contributed by atoms with van der Waals surface area (Å²) < 4.78 is 16.1. The molecule has 1 aromatic carbocycles. The van der Waals surface area contributed by atoms with Crippen LogP contribution in [0.4, 0.5) is 0 Å². The molecule has 1 aromatic rings. The number of unbranched alkanes of at least 4 members (excludes halogenated alkanes) is 11. The summed E-state index contributed by atoms with van der Waals surface area (Å²) in [6.45, 7) is 8.71. The first kappa shape index (κ1) is 31.7. The molecule has 0 amide bonds. The maximum absolute atomic E-state index is 11.9. The molecule has 0 atom stereocenters. The maximum atomic E-state index is 11.9. The van der Waals surface area contributed by atoms with E-state index >= 15 is 0 Å². The van der Waals surface area contributed by atoms with Gasteiger partial charge in [-0.1, -0.05) is 96.6 Å². The largest absolute Gasteiger partial charge is 0.494 e. The molecule has 0 radical (unpaired) electrons. The first-order valence-electron chi connectivity index (χ1n) is 14.1. The third kappa shape index (κ3) is 15.6. The molecule has 0 aromatic heterocycles. The lowest BCUT2D eigenvalue weighted by atomic mass is 9.91. The fourth-order valence-electron chi connectivity index (χ4n) is 3.64. The molecule has 0 saturated carbocycles. The molecule has 0 bridgehead atoms. The van der Waals surface area contributed by atoms with Gasteiger partial charge >= 0.3 is 11.9 Å². The molecule has 0 N–H and O–H groups in total. The zero-order valence-corrected chi connectivity index (χ0v) is 23.3. The molecule has 0 aliphatic heterocycles. The van der Waals surface area contributed by atoms with Gasteiger partial charge in [0.1, 0.15) is 19.0 Å². The summed E-state index contributed by atoms with van der Waals surface area (Å²) in [7, 11) is 0. The van der Waals surface area contributed by atoms with E-state index in [-0.39, 0.29) is 19.2 Å². The Labute approximate surface area is 220 Å². The van der Waals surface area contributed by atoms with Crippen molar-refractivity contribution in [3.05, 3.63) is 35.9 Å². The second kappa shape index (κ2) is 19.8. The van der Waals surface area contributed by atoms with Gasteiger partial charge in [-0.25, -0.2) is 4.79 Å². The number of carbonyl (C=O) groups excluding carboxylic acids is 2. The Kier molecular flexibility index (Phi) is 17.5. The minimum absolute atomic E-state index is 0.0423. The smallest absolute Gasteiger partial charge is 0.330 e. The zero-order valence-electron chi connectivity index (χ0n) is 23.3. The topological polar surface area (TPSA) is 61.8 Å². The van der Waals surface area contributed by atoms with Crippen molar-refractivity contribution in [1.82, 2.24) is 0 Å². The van der Waals surface area contributed by atoms with Crippen molar-refractivity contribution in [2.24, 2.45) is 5.41 Å². The molecule has 5 nitrogen and oxygen atoms in total. The Morgan fingerprint density at radius 2 is 1.25 bits per heavy atom. The van der Waals surface area contributed by atoms with Gasteiger partial charge in [0.15, 0.2) is 0 Å². The summed E-state index contributed by atoms with van der Waals surface area (Å²) in [6, 6.07) is 7.66. The van der Waals surface area contributed by atoms with Crippen LogP contribution in [0.3, 0.4) is 0 Å². The third-order valence-electron chi connectivity index (χ3n) is 6.56. The van der Waals surface area contributed by atoms with Gasteiger partial charge in [0.2, 0.25) is 0 Å². The summed E-state index contributed by atoms with van der Waals surface area (Å²) in [4.78, 5) is 23.7. The fourth-order valence-corrected chi connectivity index (χ4v) is 3.64. The highest BCUT2D eigenvalue weighted by Gasteiger charge is 2.26. The second-order valence-electron chi connectivity index (χ2n) is 10.2. The van der Waals surface area contributed by atoms with Gasteiger partial charge in [0.05, 0.1) is 12.0 Å². The van der Waals surface area contributed by atoms with Crippen LogP contribution in [0, 0.1) is 5.41 Å².